The van der Waals surface area contributed by atoms with Crippen molar-refractivity contribution in [1.82, 2.24) is 15.5 Å². The number of nitrogens with zero attached hydrogens (tertiary/aromatic N) is 1. The fourth-order valence-electron chi connectivity index (χ4n) is 2.84. The third kappa shape index (κ3) is 3.45. The van der Waals surface area contributed by atoms with Crippen molar-refractivity contribution in [2.75, 3.05) is 26.3 Å². The predicted molar refractivity (Wildman–Crippen MR) is 81.0 cm³/mol. The minimum atomic E-state index is -0.417. The molecule has 0 spiro atoms. The minimum Gasteiger partial charge on any atom is -0.378 e. The number of hydrogen-bond donors (Lipinski definition) is 2. The molecule has 2 atom stereocenters. The molecule has 2 N–H and O–H groups in total. The fourth-order valence-corrected chi connectivity index (χ4v) is 2.84. The molecule has 2 aliphatic rings. The Kier molecular flexibility index (Phi) is 4.70. The molecule has 2 fully saturated rings. The summed E-state index contributed by atoms with van der Waals surface area (Å²) in [5.74, 6) is -0.159. The number of nitrogens with one attached hydrogen (secondary N) is 2. The Balaban J connectivity index is 1.53. The number of rotatable bonds is 4. The van der Waals surface area contributed by atoms with Crippen LogP contribution in [0.2, 0.25) is 0 Å². The second-order valence-electron chi connectivity index (χ2n) is 5.68. The maximum absolute atomic E-state index is 12.4. The van der Waals surface area contributed by atoms with Gasteiger partial charge in [0, 0.05) is 19.6 Å². The van der Waals surface area contributed by atoms with Crippen LogP contribution in [0.25, 0.3) is 0 Å². The van der Waals surface area contributed by atoms with Crippen LogP contribution in [0.4, 0.5) is 0 Å². The zero-order valence-corrected chi connectivity index (χ0v) is 12.5. The fraction of sp³-hybridized carbons (Fsp3) is 0.500. The van der Waals surface area contributed by atoms with Crippen LogP contribution in [0, 0.1) is 0 Å². The number of amides is 2. The lowest BCUT2D eigenvalue weighted by atomic mass is 10.2. The smallest absolute Gasteiger partial charge is 0.245 e. The summed E-state index contributed by atoms with van der Waals surface area (Å²) < 4.78 is 5.28. The summed E-state index contributed by atoms with van der Waals surface area (Å²) >= 11 is 0. The van der Waals surface area contributed by atoms with Gasteiger partial charge in [-0.05, 0) is 12.0 Å². The maximum atomic E-state index is 12.4. The topological polar surface area (TPSA) is 70.7 Å². The second kappa shape index (κ2) is 6.89. The first-order valence-electron chi connectivity index (χ1n) is 7.68. The first kappa shape index (κ1) is 15.0. The van der Waals surface area contributed by atoms with E-state index in [1.807, 2.05) is 30.3 Å². The van der Waals surface area contributed by atoms with Gasteiger partial charge in [0.25, 0.3) is 0 Å². The predicted octanol–water partition coefficient (Wildman–Crippen LogP) is -0.108. The molecule has 22 heavy (non-hydrogen) atoms. The largest absolute Gasteiger partial charge is 0.378 e. The Labute approximate surface area is 129 Å². The Hall–Kier alpha value is -1.92. The van der Waals surface area contributed by atoms with E-state index in [9.17, 15) is 9.59 Å². The average molecular weight is 303 g/mol. The summed E-state index contributed by atoms with van der Waals surface area (Å²) in [5, 5.41) is 5.94. The Morgan fingerprint density at radius 2 is 2.18 bits per heavy atom. The van der Waals surface area contributed by atoms with Gasteiger partial charge in [0.2, 0.25) is 11.8 Å². The lowest BCUT2D eigenvalue weighted by molar-refractivity contribution is -0.134. The molecule has 0 aromatic heterocycles. The van der Waals surface area contributed by atoms with E-state index >= 15 is 0 Å². The monoisotopic (exact) mass is 303 g/mol. The quantitative estimate of drug-likeness (QED) is 0.814. The van der Waals surface area contributed by atoms with Crippen LogP contribution in [0.3, 0.4) is 0 Å². The average Bonchev–Trinajstić information content (AvgIpc) is 2.90. The van der Waals surface area contributed by atoms with Crippen LogP contribution in [0.1, 0.15) is 12.0 Å². The van der Waals surface area contributed by atoms with Crippen molar-refractivity contribution in [1.29, 1.82) is 0 Å². The van der Waals surface area contributed by atoms with E-state index in [4.69, 9.17) is 4.74 Å². The van der Waals surface area contributed by atoms with Gasteiger partial charge in [-0.2, -0.15) is 0 Å². The number of ether oxygens (including phenoxy) is 1. The van der Waals surface area contributed by atoms with Crippen LogP contribution >= 0.6 is 0 Å². The van der Waals surface area contributed by atoms with E-state index in [-0.39, 0.29) is 17.9 Å². The molecule has 1 aromatic rings. The van der Waals surface area contributed by atoms with Crippen molar-refractivity contribution in [2.45, 2.75) is 25.0 Å². The summed E-state index contributed by atoms with van der Waals surface area (Å²) in [6, 6.07) is 9.11. The zero-order valence-electron chi connectivity index (χ0n) is 12.5. The van der Waals surface area contributed by atoms with Crippen LogP contribution in [-0.4, -0.2) is 55.1 Å². The second-order valence-corrected chi connectivity index (χ2v) is 5.68. The molecule has 2 heterocycles. The zero-order chi connectivity index (χ0) is 15.4. The highest BCUT2D eigenvalue weighted by atomic mass is 16.5. The van der Waals surface area contributed by atoms with E-state index in [0.29, 0.717) is 39.3 Å². The molecule has 118 valence electrons. The highest BCUT2D eigenvalue weighted by molar-refractivity contribution is 5.91. The van der Waals surface area contributed by atoms with Crippen LogP contribution in [0.5, 0.6) is 0 Å². The van der Waals surface area contributed by atoms with Crippen LogP contribution in [0.15, 0.2) is 30.3 Å². The molecule has 0 bridgehead atoms. The third-order valence-corrected chi connectivity index (χ3v) is 4.07. The van der Waals surface area contributed by atoms with Gasteiger partial charge in [0.15, 0.2) is 0 Å². The highest BCUT2D eigenvalue weighted by Crippen LogP contribution is 2.15. The number of hydrogen-bond acceptors (Lipinski definition) is 4. The van der Waals surface area contributed by atoms with Gasteiger partial charge < -0.3 is 20.3 Å². The van der Waals surface area contributed by atoms with Gasteiger partial charge in [-0.1, -0.05) is 30.3 Å². The van der Waals surface area contributed by atoms with Gasteiger partial charge in [0.1, 0.15) is 12.1 Å². The van der Waals surface area contributed by atoms with Gasteiger partial charge in [0.05, 0.1) is 13.2 Å². The van der Waals surface area contributed by atoms with Crippen molar-refractivity contribution in [3.05, 3.63) is 35.9 Å². The molecule has 1 aromatic carbocycles. The number of carbonyl (C=O) groups is 2. The first-order chi connectivity index (χ1) is 10.7. The van der Waals surface area contributed by atoms with E-state index in [1.54, 1.807) is 4.90 Å². The van der Waals surface area contributed by atoms with Crippen molar-refractivity contribution in [2.24, 2.45) is 0 Å². The maximum Gasteiger partial charge on any atom is 0.245 e. The molecule has 0 radical (unpaired) electrons. The summed E-state index contributed by atoms with van der Waals surface area (Å²) in [7, 11) is 0. The lowest BCUT2D eigenvalue weighted by Crippen LogP contribution is -2.54. The normalized spacial score (nSPS) is 25.3. The van der Waals surface area contributed by atoms with E-state index in [2.05, 4.69) is 10.6 Å². The van der Waals surface area contributed by atoms with Gasteiger partial charge in [-0.15, -0.1) is 0 Å². The van der Waals surface area contributed by atoms with E-state index < -0.39 is 6.04 Å². The van der Waals surface area contributed by atoms with Gasteiger partial charge in [-0.25, -0.2) is 0 Å². The molecular weight excluding hydrogens is 282 g/mol. The molecule has 2 saturated heterocycles. The van der Waals surface area contributed by atoms with Crippen LogP contribution < -0.4 is 10.6 Å². The highest BCUT2D eigenvalue weighted by Gasteiger charge is 2.34. The van der Waals surface area contributed by atoms with Crippen molar-refractivity contribution >= 4 is 11.8 Å². The molecule has 0 saturated carbocycles. The van der Waals surface area contributed by atoms with E-state index in [1.165, 1.54) is 0 Å². The minimum absolute atomic E-state index is 0.00562. The number of carbonyl (C=O) groups excluding carboxylic acids is 2. The van der Waals surface area contributed by atoms with Crippen molar-refractivity contribution in [3.63, 3.8) is 0 Å². The summed E-state index contributed by atoms with van der Waals surface area (Å²) in [6.07, 6.45) is 0.658. The molecule has 2 aliphatic heterocycles. The van der Waals surface area contributed by atoms with Gasteiger partial charge >= 0.3 is 0 Å². The summed E-state index contributed by atoms with van der Waals surface area (Å²) in [6.45, 7) is 2.92. The molecule has 3 rings (SSSR count). The summed E-state index contributed by atoms with van der Waals surface area (Å²) in [5.41, 5.74) is 1.10. The first-order valence-corrected chi connectivity index (χ1v) is 7.68. The molecule has 0 aliphatic carbocycles. The summed E-state index contributed by atoms with van der Waals surface area (Å²) in [4.78, 5) is 26.3. The molecular formula is C16H21N3O3. The lowest BCUT2D eigenvalue weighted by Gasteiger charge is -2.24. The Morgan fingerprint density at radius 1 is 1.36 bits per heavy atom. The molecule has 2 unspecified atom stereocenters. The van der Waals surface area contributed by atoms with Crippen molar-refractivity contribution < 1.29 is 14.3 Å². The van der Waals surface area contributed by atoms with Gasteiger partial charge in [-0.3, -0.25) is 9.59 Å². The van der Waals surface area contributed by atoms with E-state index in [0.717, 1.165) is 5.56 Å². The Morgan fingerprint density at radius 3 is 2.91 bits per heavy atom. The number of likely N-dealkylation sites (tertiary alicyclic amines) is 1. The molecule has 6 heteroatoms. The Bertz CT molecular complexity index is 529. The van der Waals surface area contributed by atoms with Crippen molar-refractivity contribution in [3.8, 4) is 0 Å². The van der Waals surface area contributed by atoms with Crippen LogP contribution in [-0.2, 0) is 20.9 Å². The molecule has 6 nitrogen and oxygen atoms in total. The standard InChI is InChI=1S/C16H21N3O3/c20-15(14-11-22-9-7-17-14)18-13-6-8-19(16(13)21)10-12-4-2-1-3-5-12/h1-5,13-14,17H,6-11H2,(H,18,20). The number of morpholine rings is 1. The SMILES string of the molecule is O=C(NC1CCN(Cc2ccccc2)C1=O)C1COCCN1. The molecule has 2 amide bonds. The third-order valence-electron chi connectivity index (χ3n) is 4.07. The number of benzene rings is 1.